The van der Waals surface area contributed by atoms with E-state index in [2.05, 4.69) is 10.00 Å². The first-order valence-corrected chi connectivity index (χ1v) is 10.2. The van der Waals surface area contributed by atoms with Gasteiger partial charge in [0.05, 0.1) is 28.9 Å². The first-order valence-electron chi connectivity index (χ1n) is 8.62. The molecule has 0 radical (unpaired) electrons. The van der Waals surface area contributed by atoms with Crippen molar-refractivity contribution in [3.8, 4) is 11.1 Å². The van der Waals surface area contributed by atoms with Gasteiger partial charge in [-0.15, -0.1) is 0 Å². The predicted molar refractivity (Wildman–Crippen MR) is 96.3 cm³/mol. The molecule has 0 N–H and O–H groups in total. The number of benzene rings is 1. The van der Waals surface area contributed by atoms with Gasteiger partial charge in [0.15, 0.2) is 9.84 Å². The Morgan fingerprint density at radius 2 is 2.12 bits per heavy atom. The minimum atomic E-state index is -3.27. The highest BCUT2D eigenvalue weighted by Crippen LogP contribution is 2.46. The molecule has 6 nitrogen and oxygen atoms in total. The van der Waals surface area contributed by atoms with E-state index in [9.17, 15) is 8.42 Å². The summed E-state index contributed by atoms with van der Waals surface area (Å²) in [6, 6.07) is 7.55. The van der Waals surface area contributed by atoms with Crippen LogP contribution >= 0.6 is 0 Å². The van der Waals surface area contributed by atoms with Crippen LogP contribution in [0.2, 0.25) is 0 Å². The summed E-state index contributed by atoms with van der Waals surface area (Å²) in [6.07, 6.45) is 7.14. The second-order valence-corrected chi connectivity index (χ2v) is 9.31. The third-order valence-electron chi connectivity index (χ3n) is 5.48. The highest BCUT2D eigenvalue weighted by Gasteiger charge is 2.50. The molecule has 2 atom stereocenters. The number of sulfone groups is 1. The third kappa shape index (κ3) is 2.34. The molecule has 0 amide bonds. The van der Waals surface area contributed by atoms with Crippen molar-refractivity contribution in [1.29, 1.82) is 0 Å². The number of aryl methyl sites for hydroxylation is 1. The fraction of sp³-hybridized carbons (Fsp3) is 0.316. The normalized spacial score (nSPS) is 23.9. The topological polar surface area (TPSA) is 68.3 Å². The lowest BCUT2D eigenvalue weighted by atomic mass is 9.95. The fourth-order valence-electron chi connectivity index (χ4n) is 4.27. The smallest absolute Gasteiger partial charge is 0.183 e. The minimum absolute atomic E-state index is 0.0264. The molecule has 26 heavy (non-hydrogen) atoms. The number of likely N-dealkylation sites (tertiary alicyclic amines) is 1. The van der Waals surface area contributed by atoms with Gasteiger partial charge in [-0.05, 0) is 29.3 Å². The highest BCUT2D eigenvalue weighted by atomic mass is 32.2. The van der Waals surface area contributed by atoms with Crippen LogP contribution in [0.5, 0.6) is 0 Å². The van der Waals surface area contributed by atoms with Gasteiger partial charge in [0.25, 0.3) is 0 Å². The lowest BCUT2D eigenvalue weighted by Crippen LogP contribution is -2.25. The van der Waals surface area contributed by atoms with Crippen LogP contribution in [0.3, 0.4) is 0 Å². The van der Waals surface area contributed by atoms with Crippen molar-refractivity contribution >= 4 is 9.84 Å². The van der Waals surface area contributed by atoms with E-state index in [0.717, 1.165) is 35.3 Å². The summed E-state index contributed by atoms with van der Waals surface area (Å²) in [7, 11) is -1.39. The maximum absolute atomic E-state index is 13.0. The lowest BCUT2D eigenvalue weighted by Gasteiger charge is -2.16. The average Bonchev–Trinajstić information content (AvgIpc) is 3.37. The van der Waals surface area contributed by atoms with E-state index in [4.69, 9.17) is 4.42 Å². The molecule has 5 rings (SSSR count). The van der Waals surface area contributed by atoms with Gasteiger partial charge in [-0.2, -0.15) is 5.10 Å². The molecule has 1 saturated heterocycles. The van der Waals surface area contributed by atoms with Crippen LogP contribution < -0.4 is 0 Å². The number of rotatable bonds is 3. The van der Waals surface area contributed by atoms with E-state index < -0.39 is 9.84 Å². The second-order valence-electron chi connectivity index (χ2n) is 7.17. The Labute approximate surface area is 152 Å². The van der Waals surface area contributed by atoms with Gasteiger partial charge >= 0.3 is 0 Å². The van der Waals surface area contributed by atoms with Gasteiger partial charge in [-0.25, -0.2) is 8.42 Å². The Morgan fingerprint density at radius 1 is 1.23 bits per heavy atom. The number of furan rings is 1. The first-order chi connectivity index (χ1) is 12.5. The zero-order valence-corrected chi connectivity index (χ0v) is 15.2. The van der Waals surface area contributed by atoms with Crippen LogP contribution in [-0.4, -0.2) is 41.4 Å². The van der Waals surface area contributed by atoms with Crippen molar-refractivity contribution in [3.05, 3.63) is 60.3 Å². The summed E-state index contributed by atoms with van der Waals surface area (Å²) in [6.45, 7) is 2.05. The minimum Gasteiger partial charge on any atom is -0.472 e. The van der Waals surface area contributed by atoms with E-state index >= 15 is 0 Å². The summed E-state index contributed by atoms with van der Waals surface area (Å²) < 4.78 is 32.9. The Bertz CT molecular complexity index is 1070. The number of aromatic nitrogens is 2. The summed E-state index contributed by atoms with van der Waals surface area (Å²) in [4.78, 5) is 2.72. The monoisotopic (exact) mass is 369 g/mol. The predicted octanol–water partition coefficient (Wildman–Crippen LogP) is 2.44. The summed E-state index contributed by atoms with van der Waals surface area (Å²) >= 11 is 0. The van der Waals surface area contributed by atoms with E-state index in [-0.39, 0.29) is 11.2 Å². The molecule has 2 aromatic heterocycles. The van der Waals surface area contributed by atoms with Crippen LogP contribution in [0.25, 0.3) is 11.1 Å². The molecular weight excluding hydrogens is 350 g/mol. The molecule has 2 aliphatic rings. The molecule has 2 aliphatic heterocycles. The molecule has 4 heterocycles. The molecule has 134 valence electrons. The fourth-order valence-corrected chi connectivity index (χ4v) is 6.47. The van der Waals surface area contributed by atoms with Gasteiger partial charge in [-0.3, -0.25) is 9.58 Å². The largest absolute Gasteiger partial charge is 0.472 e. The van der Waals surface area contributed by atoms with E-state index in [1.807, 2.05) is 37.6 Å². The third-order valence-corrected chi connectivity index (χ3v) is 7.73. The number of hydrogen-bond acceptors (Lipinski definition) is 5. The highest BCUT2D eigenvalue weighted by molar-refractivity contribution is 7.92. The van der Waals surface area contributed by atoms with Crippen molar-refractivity contribution in [3.63, 3.8) is 0 Å². The van der Waals surface area contributed by atoms with Crippen LogP contribution in [0, 0.1) is 0 Å². The molecule has 0 saturated carbocycles. The lowest BCUT2D eigenvalue weighted by molar-refractivity contribution is 0.325. The Balaban J connectivity index is 1.48. The molecule has 7 heteroatoms. The van der Waals surface area contributed by atoms with Gasteiger partial charge in [0.2, 0.25) is 0 Å². The van der Waals surface area contributed by atoms with Crippen molar-refractivity contribution in [2.75, 3.05) is 13.1 Å². The second kappa shape index (κ2) is 5.56. The van der Waals surface area contributed by atoms with Crippen molar-refractivity contribution < 1.29 is 12.8 Å². The van der Waals surface area contributed by atoms with E-state index in [1.165, 1.54) is 0 Å². The molecule has 0 unspecified atom stereocenters. The average molecular weight is 369 g/mol. The van der Waals surface area contributed by atoms with Gasteiger partial charge in [-0.1, -0.05) is 6.07 Å². The van der Waals surface area contributed by atoms with E-state index in [0.29, 0.717) is 11.4 Å². The van der Waals surface area contributed by atoms with Gasteiger partial charge < -0.3 is 4.42 Å². The van der Waals surface area contributed by atoms with Gasteiger partial charge in [0.1, 0.15) is 0 Å². The van der Waals surface area contributed by atoms with E-state index in [1.54, 1.807) is 23.3 Å². The van der Waals surface area contributed by atoms with Crippen LogP contribution in [0.1, 0.15) is 17.0 Å². The molecule has 1 aromatic carbocycles. The van der Waals surface area contributed by atoms with Crippen LogP contribution in [0.15, 0.2) is 58.5 Å². The Kier molecular flexibility index (Phi) is 3.39. The Morgan fingerprint density at radius 3 is 2.85 bits per heavy atom. The zero-order valence-electron chi connectivity index (χ0n) is 14.4. The van der Waals surface area contributed by atoms with Gasteiger partial charge in [0, 0.05) is 49.9 Å². The zero-order chi connectivity index (χ0) is 17.9. The van der Waals surface area contributed by atoms with Crippen LogP contribution in [-0.2, 0) is 23.4 Å². The van der Waals surface area contributed by atoms with Crippen molar-refractivity contribution in [2.45, 2.75) is 22.6 Å². The number of nitrogens with zero attached hydrogens (tertiary/aromatic N) is 3. The molecule has 0 bridgehead atoms. The quantitative estimate of drug-likeness (QED) is 0.709. The Hall–Kier alpha value is -2.38. The first kappa shape index (κ1) is 15.8. The summed E-state index contributed by atoms with van der Waals surface area (Å²) in [5.74, 6) is 0.0264. The summed E-state index contributed by atoms with van der Waals surface area (Å²) in [5.41, 5.74) is 4.03. The van der Waals surface area contributed by atoms with Crippen LogP contribution in [0.4, 0.5) is 0 Å². The SMILES string of the molecule is Cn1cc(CN2C[C@H]3c4cc(-c5ccoc5)ccc4S(=O)(=O)[C@H]3C2)cn1. The molecule has 0 aliphatic carbocycles. The molecule has 0 spiro atoms. The van der Waals surface area contributed by atoms with Crippen molar-refractivity contribution in [1.82, 2.24) is 14.7 Å². The molecule has 1 fully saturated rings. The maximum Gasteiger partial charge on any atom is 0.183 e. The summed E-state index contributed by atoms with van der Waals surface area (Å²) in [5, 5.41) is 3.85. The maximum atomic E-state index is 13.0. The number of fused-ring (bicyclic) bond motifs is 3. The standard InChI is InChI=1S/C19H19N3O3S/c1-21-8-13(7-20-21)9-22-10-17-16-6-14(15-4-5-25-12-15)2-3-18(16)26(23,24)19(17)11-22/h2-8,12,17,19H,9-11H2,1H3/t17-,19-/m0/s1. The molecule has 3 aromatic rings. The molecular formula is C19H19N3O3S. The van der Waals surface area contributed by atoms with Crippen molar-refractivity contribution in [2.24, 2.45) is 7.05 Å². The number of hydrogen-bond donors (Lipinski definition) is 0.